The zero-order valence-electron chi connectivity index (χ0n) is 12.8. The van der Waals surface area contributed by atoms with E-state index in [1.165, 1.54) is 18.4 Å². The Morgan fingerprint density at radius 2 is 2.05 bits per heavy atom. The SMILES string of the molecule is COc1nn(C)cc1C(=O)Nc1nc2c(C)ccc(C)c2s1. The standard InChI is InChI=1S/C15H16N4O2S/c1-8-5-6-9(2)12-11(8)16-15(22-12)17-13(20)10-7-19(3)18-14(10)21-4/h5-7H,1-4H3,(H,16,17,20). The van der Waals surface area contributed by atoms with Crippen LogP contribution in [0.2, 0.25) is 0 Å². The van der Waals surface area contributed by atoms with Gasteiger partial charge in [-0.1, -0.05) is 23.5 Å². The number of carbonyl (C=O) groups excluding carboxylic acids is 1. The summed E-state index contributed by atoms with van der Waals surface area (Å²) in [5.41, 5.74) is 3.56. The molecule has 3 rings (SSSR count). The van der Waals surface area contributed by atoms with Crippen LogP contribution in [0.25, 0.3) is 10.2 Å². The van der Waals surface area contributed by atoms with E-state index in [4.69, 9.17) is 4.74 Å². The number of amides is 1. The van der Waals surface area contributed by atoms with Gasteiger partial charge >= 0.3 is 0 Å². The third-order valence-corrected chi connectivity index (χ3v) is 4.50. The van der Waals surface area contributed by atoms with Crippen LogP contribution in [0, 0.1) is 13.8 Å². The Labute approximate surface area is 131 Å². The number of hydrogen-bond acceptors (Lipinski definition) is 5. The van der Waals surface area contributed by atoms with Crippen molar-refractivity contribution >= 4 is 32.6 Å². The summed E-state index contributed by atoms with van der Waals surface area (Å²) in [4.78, 5) is 16.9. The summed E-state index contributed by atoms with van der Waals surface area (Å²) in [6.45, 7) is 4.05. The number of benzene rings is 1. The number of hydrogen-bond donors (Lipinski definition) is 1. The van der Waals surface area contributed by atoms with Gasteiger partial charge in [-0.3, -0.25) is 14.8 Å². The molecule has 0 atom stereocenters. The number of rotatable bonds is 3. The molecule has 0 unspecified atom stereocenters. The highest BCUT2D eigenvalue weighted by atomic mass is 32.1. The number of nitrogens with one attached hydrogen (secondary N) is 1. The Kier molecular flexibility index (Phi) is 3.58. The van der Waals surface area contributed by atoms with E-state index in [2.05, 4.69) is 21.5 Å². The Hall–Kier alpha value is -2.41. The normalized spacial score (nSPS) is 10.9. The third-order valence-electron chi connectivity index (χ3n) is 3.40. The number of thiazole rings is 1. The minimum absolute atomic E-state index is 0.278. The van der Waals surface area contributed by atoms with Gasteiger partial charge in [0.05, 0.1) is 17.3 Å². The van der Waals surface area contributed by atoms with Crippen molar-refractivity contribution in [2.45, 2.75) is 13.8 Å². The highest BCUT2D eigenvalue weighted by Crippen LogP contribution is 2.31. The first-order valence-corrected chi connectivity index (χ1v) is 7.57. The van der Waals surface area contributed by atoms with E-state index in [-0.39, 0.29) is 5.91 Å². The lowest BCUT2D eigenvalue weighted by Crippen LogP contribution is -2.12. The molecule has 2 aromatic heterocycles. The van der Waals surface area contributed by atoms with Crippen LogP contribution in [0.15, 0.2) is 18.3 Å². The first-order valence-electron chi connectivity index (χ1n) is 6.75. The smallest absolute Gasteiger partial charge is 0.264 e. The number of aryl methyl sites for hydroxylation is 3. The first-order chi connectivity index (χ1) is 10.5. The monoisotopic (exact) mass is 316 g/mol. The van der Waals surface area contributed by atoms with Crippen LogP contribution in [0.4, 0.5) is 5.13 Å². The number of methoxy groups -OCH3 is 1. The van der Waals surface area contributed by atoms with E-state index in [0.29, 0.717) is 16.6 Å². The van der Waals surface area contributed by atoms with Gasteiger partial charge in [-0.2, -0.15) is 0 Å². The molecule has 1 amide bonds. The van der Waals surface area contributed by atoms with E-state index in [9.17, 15) is 4.79 Å². The van der Waals surface area contributed by atoms with Gasteiger partial charge in [0.1, 0.15) is 5.56 Å². The Balaban J connectivity index is 1.94. The molecular formula is C15H16N4O2S. The summed E-state index contributed by atoms with van der Waals surface area (Å²) in [5, 5.41) is 7.48. The molecule has 6 nitrogen and oxygen atoms in total. The molecule has 0 spiro atoms. The molecule has 22 heavy (non-hydrogen) atoms. The Morgan fingerprint density at radius 3 is 2.73 bits per heavy atom. The fourth-order valence-corrected chi connectivity index (χ4v) is 3.26. The third kappa shape index (κ3) is 2.43. The molecule has 0 saturated carbocycles. The molecule has 7 heteroatoms. The van der Waals surface area contributed by atoms with Gasteiger partial charge in [0.15, 0.2) is 5.13 Å². The molecule has 0 saturated heterocycles. The second-order valence-electron chi connectivity index (χ2n) is 5.08. The van der Waals surface area contributed by atoms with Crippen molar-refractivity contribution in [1.82, 2.24) is 14.8 Å². The lowest BCUT2D eigenvalue weighted by Gasteiger charge is -2.00. The highest BCUT2D eigenvalue weighted by molar-refractivity contribution is 7.22. The number of anilines is 1. The van der Waals surface area contributed by atoms with Crippen molar-refractivity contribution in [2.24, 2.45) is 7.05 Å². The van der Waals surface area contributed by atoms with Crippen molar-refractivity contribution in [3.63, 3.8) is 0 Å². The number of carbonyl (C=O) groups is 1. The maximum atomic E-state index is 12.4. The zero-order valence-corrected chi connectivity index (χ0v) is 13.6. The lowest BCUT2D eigenvalue weighted by molar-refractivity contribution is 0.102. The second-order valence-corrected chi connectivity index (χ2v) is 6.08. The molecule has 0 bridgehead atoms. The molecule has 0 aliphatic carbocycles. The summed E-state index contributed by atoms with van der Waals surface area (Å²) < 4.78 is 7.75. The van der Waals surface area contributed by atoms with Gasteiger partial charge in [-0.05, 0) is 25.0 Å². The van der Waals surface area contributed by atoms with Gasteiger partial charge in [-0.15, -0.1) is 5.10 Å². The Bertz CT molecular complexity index is 827. The van der Waals surface area contributed by atoms with Crippen molar-refractivity contribution in [3.05, 3.63) is 35.0 Å². The number of ether oxygens (including phenoxy) is 1. The fourth-order valence-electron chi connectivity index (χ4n) is 2.25. The summed E-state index contributed by atoms with van der Waals surface area (Å²) in [6.07, 6.45) is 1.62. The zero-order chi connectivity index (χ0) is 15.9. The largest absolute Gasteiger partial charge is 0.479 e. The predicted molar refractivity (Wildman–Crippen MR) is 86.8 cm³/mol. The van der Waals surface area contributed by atoms with Crippen LogP contribution in [0.3, 0.4) is 0 Å². The fraction of sp³-hybridized carbons (Fsp3) is 0.267. The van der Waals surface area contributed by atoms with Crippen LogP contribution in [-0.2, 0) is 7.05 Å². The van der Waals surface area contributed by atoms with Gasteiger partial charge in [0.25, 0.3) is 5.91 Å². The topological polar surface area (TPSA) is 69.0 Å². The first kappa shape index (κ1) is 14.5. The number of fused-ring (bicyclic) bond motifs is 1. The van der Waals surface area contributed by atoms with Gasteiger partial charge in [0, 0.05) is 13.2 Å². The summed E-state index contributed by atoms with van der Waals surface area (Å²) in [6, 6.07) is 4.10. The lowest BCUT2D eigenvalue weighted by atomic mass is 10.1. The van der Waals surface area contributed by atoms with Gasteiger partial charge in [0.2, 0.25) is 5.88 Å². The van der Waals surface area contributed by atoms with Crippen molar-refractivity contribution in [2.75, 3.05) is 12.4 Å². The van der Waals surface area contributed by atoms with E-state index in [0.717, 1.165) is 21.3 Å². The maximum absolute atomic E-state index is 12.4. The Morgan fingerprint density at radius 1 is 1.32 bits per heavy atom. The van der Waals surface area contributed by atoms with Crippen LogP contribution in [-0.4, -0.2) is 27.8 Å². The van der Waals surface area contributed by atoms with Gasteiger partial charge < -0.3 is 4.74 Å². The highest BCUT2D eigenvalue weighted by Gasteiger charge is 2.18. The van der Waals surface area contributed by atoms with Crippen LogP contribution in [0.5, 0.6) is 5.88 Å². The van der Waals surface area contributed by atoms with E-state index in [1.807, 2.05) is 19.9 Å². The number of nitrogens with zero attached hydrogens (tertiary/aromatic N) is 3. The van der Waals surface area contributed by atoms with Crippen molar-refractivity contribution < 1.29 is 9.53 Å². The van der Waals surface area contributed by atoms with Crippen LogP contribution in [0.1, 0.15) is 21.5 Å². The van der Waals surface area contributed by atoms with E-state index < -0.39 is 0 Å². The summed E-state index contributed by atoms with van der Waals surface area (Å²) in [5.74, 6) is 0.0211. The molecule has 0 radical (unpaired) electrons. The van der Waals surface area contributed by atoms with Crippen LogP contribution >= 0.6 is 11.3 Å². The molecule has 3 aromatic rings. The molecule has 0 aliphatic heterocycles. The van der Waals surface area contributed by atoms with Crippen molar-refractivity contribution in [3.8, 4) is 5.88 Å². The second kappa shape index (κ2) is 5.42. The van der Waals surface area contributed by atoms with E-state index in [1.54, 1.807) is 17.9 Å². The average molecular weight is 316 g/mol. The van der Waals surface area contributed by atoms with Gasteiger partial charge in [-0.25, -0.2) is 4.98 Å². The summed E-state index contributed by atoms with van der Waals surface area (Å²) >= 11 is 1.47. The van der Waals surface area contributed by atoms with Crippen LogP contribution < -0.4 is 10.1 Å². The molecule has 114 valence electrons. The van der Waals surface area contributed by atoms with E-state index >= 15 is 0 Å². The summed E-state index contributed by atoms with van der Waals surface area (Å²) in [7, 11) is 3.23. The average Bonchev–Trinajstić information content (AvgIpc) is 3.07. The van der Waals surface area contributed by atoms with Crippen molar-refractivity contribution in [1.29, 1.82) is 0 Å². The molecule has 0 fully saturated rings. The molecule has 2 heterocycles. The maximum Gasteiger partial charge on any atom is 0.264 e. The minimum atomic E-state index is -0.278. The molecule has 0 aliphatic rings. The minimum Gasteiger partial charge on any atom is -0.479 e. The molecular weight excluding hydrogens is 300 g/mol. The quantitative estimate of drug-likeness (QED) is 0.806. The molecule has 1 aromatic carbocycles. The predicted octanol–water partition coefficient (Wildman–Crippen LogP) is 2.91. The molecule has 1 N–H and O–H groups in total. The number of aromatic nitrogens is 3.